The standard InChI is InChI=1S/C30H31N3O5/c34-28(31-25-12-6-7-13-27(25)37-19-21-8-2-1-3-9-21)18-33-29(17-26(32-33)30(35)36)38-20-22-14-15-23-10-4-5-11-24(23)16-22/h1-5,8-11,14-17,25,27H,6-7,12-13,18-20H2,(H,31,34)(H,35,36)/t25-,27-/m0/s1. The summed E-state index contributed by atoms with van der Waals surface area (Å²) in [7, 11) is 0. The Kier molecular flexibility index (Phi) is 7.99. The van der Waals surface area contributed by atoms with E-state index in [0.717, 1.165) is 47.6 Å². The number of nitrogens with one attached hydrogen (secondary N) is 1. The number of aromatic carboxylic acids is 1. The maximum atomic E-state index is 13.0. The molecule has 0 aliphatic heterocycles. The Morgan fingerprint density at radius 2 is 1.66 bits per heavy atom. The van der Waals surface area contributed by atoms with Crippen LogP contribution < -0.4 is 10.1 Å². The van der Waals surface area contributed by atoms with Crippen LogP contribution >= 0.6 is 0 Å². The van der Waals surface area contributed by atoms with Crippen LogP contribution in [-0.4, -0.2) is 38.9 Å². The average Bonchev–Trinajstić information content (AvgIpc) is 3.34. The second-order valence-corrected chi connectivity index (χ2v) is 9.59. The average molecular weight is 514 g/mol. The molecule has 3 aromatic carbocycles. The number of carboxylic acids is 1. The summed E-state index contributed by atoms with van der Waals surface area (Å²) in [6, 6.07) is 25.2. The number of amides is 1. The minimum Gasteiger partial charge on any atom is -0.476 e. The number of rotatable bonds is 10. The third kappa shape index (κ3) is 6.39. The molecular formula is C30H31N3O5. The molecule has 1 aliphatic carbocycles. The summed E-state index contributed by atoms with van der Waals surface area (Å²) < 4.78 is 13.4. The molecule has 1 fully saturated rings. The van der Waals surface area contributed by atoms with E-state index in [9.17, 15) is 14.7 Å². The SMILES string of the molecule is O=C(Cn1nc(C(=O)O)cc1OCc1ccc2ccccc2c1)N[C@H]1CCCC[C@@H]1OCc1ccccc1. The number of ether oxygens (including phenoxy) is 2. The molecule has 0 unspecified atom stereocenters. The largest absolute Gasteiger partial charge is 0.476 e. The van der Waals surface area contributed by atoms with Gasteiger partial charge in [0.1, 0.15) is 13.2 Å². The molecule has 0 bridgehead atoms. The topological polar surface area (TPSA) is 103 Å². The normalized spacial score (nSPS) is 17.3. The van der Waals surface area contributed by atoms with Crippen LogP contribution in [0.2, 0.25) is 0 Å². The number of nitrogens with zero attached hydrogens (tertiary/aromatic N) is 2. The van der Waals surface area contributed by atoms with Crippen molar-refractivity contribution in [3.05, 3.63) is 95.7 Å². The highest BCUT2D eigenvalue weighted by molar-refractivity contribution is 5.86. The maximum Gasteiger partial charge on any atom is 0.356 e. The molecule has 8 heteroatoms. The van der Waals surface area contributed by atoms with Gasteiger partial charge < -0.3 is 19.9 Å². The van der Waals surface area contributed by atoms with E-state index in [2.05, 4.69) is 10.4 Å². The van der Waals surface area contributed by atoms with Crippen LogP contribution in [0.25, 0.3) is 10.8 Å². The van der Waals surface area contributed by atoms with Crippen LogP contribution in [-0.2, 0) is 29.3 Å². The van der Waals surface area contributed by atoms with Gasteiger partial charge in [-0.1, -0.05) is 79.6 Å². The minimum atomic E-state index is -1.18. The van der Waals surface area contributed by atoms with Gasteiger partial charge >= 0.3 is 5.97 Å². The lowest BCUT2D eigenvalue weighted by Gasteiger charge is -2.32. The third-order valence-corrected chi connectivity index (χ3v) is 6.81. The molecule has 1 amide bonds. The van der Waals surface area contributed by atoms with Gasteiger partial charge in [-0.3, -0.25) is 4.79 Å². The Labute approximate surface area is 221 Å². The molecule has 1 aliphatic rings. The Bertz CT molecular complexity index is 1400. The van der Waals surface area contributed by atoms with Crippen LogP contribution in [0.15, 0.2) is 78.9 Å². The number of fused-ring (bicyclic) bond motifs is 1. The number of aromatic nitrogens is 2. The molecule has 1 aromatic heterocycles. The highest BCUT2D eigenvalue weighted by atomic mass is 16.5. The lowest BCUT2D eigenvalue weighted by molar-refractivity contribution is -0.124. The van der Waals surface area contributed by atoms with Gasteiger partial charge in [-0.2, -0.15) is 5.10 Å². The lowest BCUT2D eigenvalue weighted by Crippen LogP contribution is -2.47. The summed E-state index contributed by atoms with van der Waals surface area (Å²) in [6.07, 6.45) is 3.70. The first-order valence-corrected chi connectivity index (χ1v) is 12.9. The predicted molar refractivity (Wildman–Crippen MR) is 143 cm³/mol. The molecule has 4 aromatic rings. The number of carboxylic acid groups (broad SMARTS) is 1. The second-order valence-electron chi connectivity index (χ2n) is 9.59. The fourth-order valence-corrected chi connectivity index (χ4v) is 4.85. The van der Waals surface area contributed by atoms with Gasteiger partial charge in [-0.05, 0) is 40.8 Å². The van der Waals surface area contributed by atoms with E-state index in [0.29, 0.717) is 6.61 Å². The summed E-state index contributed by atoms with van der Waals surface area (Å²) in [4.78, 5) is 24.6. The summed E-state index contributed by atoms with van der Waals surface area (Å²) in [5, 5.41) is 18.9. The van der Waals surface area contributed by atoms with Crippen LogP contribution in [0.1, 0.15) is 47.3 Å². The molecular weight excluding hydrogens is 482 g/mol. The van der Waals surface area contributed by atoms with Crippen molar-refractivity contribution in [3.63, 3.8) is 0 Å². The van der Waals surface area contributed by atoms with Gasteiger partial charge in [0.15, 0.2) is 5.69 Å². The summed E-state index contributed by atoms with van der Waals surface area (Å²) in [5.41, 5.74) is 1.85. The van der Waals surface area contributed by atoms with Crippen molar-refractivity contribution in [2.24, 2.45) is 0 Å². The van der Waals surface area contributed by atoms with Crippen molar-refractivity contribution >= 4 is 22.6 Å². The zero-order valence-corrected chi connectivity index (χ0v) is 21.1. The molecule has 0 radical (unpaired) electrons. The number of carbonyl (C=O) groups is 2. The van der Waals surface area contributed by atoms with E-state index in [1.54, 1.807) is 0 Å². The van der Waals surface area contributed by atoms with E-state index in [4.69, 9.17) is 9.47 Å². The van der Waals surface area contributed by atoms with E-state index >= 15 is 0 Å². The van der Waals surface area contributed by atoms with E-state index in [-0.39, 0.29) is 42.8 Å². The van der Waals surface area contributed by atoms with E-state index < -0.39 is 5.97 Å². The molecule has 1 heterocycles. The summed E-state index contributed by atoms with van der Waals surface area (Å²) in [5.74, 6) is -1.21. The van der Waals surface area contributed by atoms with Gasteiger partial charge in [0.05, 0.1) is 18.8 Å². The van der Waals surface area contributed by atoms with Crippen molar-refractivity contribution in [2.75, 3.05) is 0 Å². The molecule has 196 valence electrons. The Morgan fingerprint density at radius 3 is 2.47 bits per heavy atom. The first-order valence-electron chi connectivity index (χ1n) is 12.9. The third-order valence-electron chi connectivity index (χ3n) is 6.81. The van der Waals surface area contributed by atoms with Crippen LogP contribution in [0.5, 0.6) is 5.88 Å². The van der Waals surface area contributed by atoms with Crippen LogP contribution in [0.3, 0.4) is 0 Å². The highest BCUT2D eigenvalue weighted by Crippen LogP contribution is 2.23. The number of hydrogen-bond donors (Lipinski definition) is 2. The van der Waals surface area contributed by atoms with Crippen LogP contribution in [0, 0.1) is 0 Å². The fourth-order valence-electron chi connectivity index (χ4n) is 4.85. The molecule has 2 N–H and O–H groups in total. The molecule has 38 heavy (non-hydrogen) atoms. The molecule has 8 nitrogen and oxygen atoms in total. The van der Waals surface area contributed by atoms with Gasteiger partial charge in [-0.25, -0.2) is 9.48 Å². The number of benzene rings is 3. The Balaban J connectivity index is 1.23. The maximum absolute atomic E-state index is 13.0. The Hall–Kier alpha value is -4.17. The van der Waals surface area contributed by atoms with Gasteiger partial charge in [0.2, 0.25) is 11.8 Å². The van der Waals surface area contributed by atoms with Crippen LogP contribution in [0.4, 0.5) is 0 Å². The number of carbonyl (C=O) groups excluding carboxylic acids is 1. The van der Waals surface area contributed by atoms with Crippen molar-refractivity contribution in [1.29, 1.82) is 0 Å². The smallest absolute Gasteiger partial charge is 0.356 e. The summed E-state index contributed by atoms with van der Waals surface area (Å²) >= 11 is 0. The highest BCUT2D eigenvalue weighted by Gasteiger charge is 2.28. The second kappa shape index (κ2) is 11.9. The predicted octanol–water partition coefficient (Wildman–Crippen LogP) is 4.96. The van der Waals surface area contributed by atoms with Gasteiger partial charge in [0.25, 0.3) is 0 Å². The molecule has 5 rings (SSSR count). The summed E-state index contributed by atoms with van der Waals surface area (Å²) in [6.45, 7) is 0.559. The monoisotopic (exact) mass is 513 g/mol. The molecule has 1 saturated carbocycles. The van der Waals surface area contributed by atoms with Crippen molar-refractivity contribution < 1.29 is 24.2 Å². The fraction of sp³-hybridized carbons (Fsp3) is 0.300. The zero-order valence-electron chi connectivity index (χ0n) is 21.1. The zero-order chi connectivity index (χ0) is 26.3. The molecule has 0 saturated heterocycles. The van der Waals surface area contributed by atoms with Crippen molar-refractivity contribution in [1.82, 2.24) is 15.1 Å². The van der Waals surface area contributed by atoms with Gasteiger partial charge in [-0.15, -0.1) is 0 Å². The Morgan fingerprint density at radius 1 is 0.895 bits per heavy atom. The van der Waals surface area contributed by atoms with E-state index in [1.807, 2.05) is 72.8 Å². The minimum absolute atomic E-state index is 0.0799. The van der Waals surface area contributed by atoms with Gasteiger partial charge in [0, 0.05) is 6.07 Å². The first kappa shape index (κ1) is 25.5. The van der Waals surface area contributed by atoms with Crippen molar-refractivity contribution in [2.45, 2.75) is 57.6 Å². The first-order chi connectivity index (χ1) is 18.5. The van der Waals surface area contributed by atoms with Crippen molar-refractivity contribution in [3.8, 4) is 5.88 Å². The number of hydrogen-bond acceptors (Lipinski definition) is 5. The molecule has 0 spiro atoms. The molecule has 2 atom stereocenters. The van der Waals surface area contributed by atoms with E-state index in [1.165, 1.54) is 10.7 Å². The quantitative estimate of drug-likeness (QED) is 0.311. The lowest BCUT2D eigenvalue weighted by atomic mass is 9.92.